The minimum absolute atomic E-state index is 0. The molecule has 0 amide bonds. The van der Waals surface area contributed by atoms with Crippen LogP contribution >= 0.6 is 35.6 Å². The highest BCUT2D eigenvalue weighted by molar-refractivity contribution is 14.0. The number of aliphatic imine (C=N–C) groups is 1. The Labute approximate surface area is 191 Å². The lowest BCUT2D eigenvalue weighted by molar-refractivity contribution is -0.0504. The van der Waals surface area contributed by atoms with Crippen LogP contribution in [0.3, 0.4) is 0 Å². The summed E-state index contributed by atoms with van der Waals surface area (Å²) in [5, 5.41) is 6.61. The summed E-state index contributed by atoms with van der Waals surface area (Å²) < 4.78 is 35.4. The quantitative estimate of drug-likeness (QED) is 0.289. The van der Waals surface area contributed by atoms with Gasteiger partial charge in [0.2, 0.25) is 5.89 Å². The van der Waals surface area contributed by atoms with E-state index >= 15 is 0 Å². The van der Waals surface area contributed by atoms with Crippen LogP contribution in [-0.2, 0) is 18.5 Å². The standard InChI is InChI=1S/C19H25ClF2N4O2.HI/c1-5-23-18(26-11-16-24-10-15(28-16)19(2,3)4)25-9-12-8-13(20)6-7-14(12)27-17(21)22;/h6-8,10,17H,5,9,11H2,1-4H3,(H2,23,25,26);1H. The molecule has 1 heterocycles. The number of hydrogen-bond donors (Lipinski definition) is 2. The third kappa shape index (κ3) is 8.33. The Hall–Kier alpha value is -1.62. The second-order valence-corrected chi connectivity index (χ2v) is 7.48. The number of benzene rings is 1. The van der Waals surface area contributed by atoms with Crippen molar-refractivity contribution in [2.24, 2.45) is 4.99 Å². The Bertz CT molecular complexity index is 810. The van der Waals surface area contributed by atoms with Crippen molar-refractivity contribution in [3.8, 4) is 5.75 Å². The van der Waals surface area contributed by atoms with E-state index in [2.05, 4.69) is 25.3 Å². The number of alkyl halides is 2. The molecule has 2 rings (SSSR count). The molecule has 0 fully saturated rings. The normalized spacial score (nSPS) is 11.9. The van der Waals surface area contributed by atoms with Crippen molar-refractivity contribution in [3.05, 3.63) is 46.6 Å². The third-order valence-corrected chi connectivity index (χ3v) is 3.93. The van der Waals surface area contributed by atoms with Crippen LogP contribution in [0.2, 0.25) is 5.02 Å². The number of nitrogens with zero attached hydrogens (tertiary/aromatic N) is 2. The Balaban J connectivity index is 0.00000420. The maximum atomic E-state index is 12.6. The number of ether oxygens (including phenoxy) is 1. The first kappa shape index (κ1) is 25.4. The van der Waals surface area contributed by atoms with Gasteiger partial charge in [0.1, 0.15) is 11.5 Å². The molecule has 2 aromatic rings. The summed E-state index contributed by atoms with van der Waals surface area (Å²) in [6.45, 7) is 6.19. The summed E-state index contributed by atoms with van der Waals surface area (Å²) in [7, 11) is 0. The highest BCUT2D eigenvalue weighted by Gasteiger charge is 2.19. The molecule has 0 spiro atoms. The summed E-state index contributed by atoms with van der Waals surface area (Å²) in [4.78, 5) is 8.66. The summed E-state index contributed by atoms with van der Waals surface area (Å²) in [5.41, 5.74) is 0.327. The van der Waals surface area contributed by atoms with Crippen molar-refractivity contribution in [3.63, 3.8) is 0 Å². The molecule has 162 valence electrons. The molecule has 0 atom stereocenters. The average molecular weight is 543 g/mol. The monoisotopic (exact) mass is 542 g/mol. The van der Waals surface area contributed by atoms with E-state index in [-0.39, 0.29) is 41.7 Å². The predicted octanol–water partition coefficient (Wildman–Crippen LogP) is 5.10. The maximum Gasteiger partial charge on any atom is 0.387 e. The van der Waals surface area contributed by atoms with Crippen LogP contribution in [0.25, 0.3) is 0 Å². The smallest absolute Gasteiger partial charge is 0.387 e. The molecule has 29 heavy (non-hydrogen) atoms. The van der Waals surface area contributed by atoms with Crippen molar-refractivity contribution in [1.29, 1.82) is 0 Å². The van der Waals surface area contributed by atoms with Crippen LogP contribution in [-0.4, -0.2) is 24.1 Å². The van der Waals surface area contributed by atoms with Gasteiger partial charge in [-0.15, -0.1) is 24.0 Å². The molecule has 0 saturated carbocycles. The van der Waals surface area contributed by atoms with E-state index in [0.29, 0.717) is 35.5 Å². The Kier molecular flexibility index (Phi) is 10.1. The Morgan fingerprint density at radius 2 is 2.03 bits per heavy atom. The van der Waals surface area contributed by atoms with Crippen molar-refractivity contribution < 1.29 is 17.9 Å². The van der Waals surface area contributed by atoms with Crippen LogP contribution < -0.4 is 15.4 Å². The zero-order valence-electron chi connectivity index (χ0n) is 16.8. The summed E-state index contributed by atoms with van der Waals surface area (Å²) in [6, 6.07) is 4.45. The van der Waals surface area contributed by atoms with E-state index in [1.54, 1.807) is 12.3 Å². The van der Waals surface area contributed by atoms with Gasteiger partial charge in [0, 0.05) is 22.5 Å². The van der Waals surface area contributed by atoms with E-state index in [0.717, 1.165) is 5.76 Å². The number of nitrogens with one attached hydrogen (secondary N) is 2. The fraction of sp³-hybridized carbons (Fsp3) is 0.474. The van der Waals surface area contributed by atoms with Crippen LogP contribution in [0.5, 0.6) is 5.75 Å². The summed E-state index contributed by atoms with van der Waals surface area (Å²) in [6.07, 6.45) is 1.71. The van der Waals surface area contributed by atoms with Gasteiger partial charge in [0.05, 0.1) is 19.3 Å². The number of hydrogen-bond acceptors (Lipinski definition) is 4. The topological polar surface area (TPSA) is 71.7 Å². The number of guanidine groups is 1. The lowest BCUT2D eigenvalue weighted by Crippen LogP contribution is -2.36. The van der Waals surface area contributed by atoms with Crippen molar-refractivity contribution >= 4 is 41.5 Å². The molecule has 0 unspecified atom stereocenters. The van der Waals surface area contributed by atoms with Crippen molar-refractivity contribution in [2.45, 2.75) is 52.8 Å². The molecule has 0 aliphatic carbocycles. The Morgan fingerprint density at radius 3 is 2.62 bits per heavy atom. The lowest BCUT2D eigenvalue weighted by atomic mass is 9.94. The van der Waals surface area contributed by atoms with Gasteiger partial charge >= 0.3 is 6.61 Å². The fourth-order valence-corrected chi connectivity index (χ4v) is 2.48. The van der Waals surface area contributed by atoms with Crippen molar-refractivity contribution in [2.75, 3.05) is 6.54 Å². The number of aromatic nitrogens is 1. The molecule has 0 aliphatic rings. The predicted molar refractivity (Wildman–Crippen MR) is 120 cm³/mol. The van der Waals surface area contributed by atoms with E-state index < -0.39 is 6.61 Å². The molecule has 0 bridgehead atoms. The van der Waals surface area contributed by atoms with Crippen LogP contribution in [0.1, 0.15) is 44.9 Å². The molecule has 10 heteroatoms. The molecule has 0 saturated heterocycles. The largest absolute Gasteiger partial charge is 0.443 e. The van der Waals surface area contributed by atoms with Crippen LogP contribution in [0.15, 0.2) is 33.8 Å². The van der Waals surface area contributed by atoms with E-state index in [9.17, 15) is 8.78 Å². The van der Waals surface area contributed by atoms with Gasteiger partial charge in [-0.05, 0) is 25.1 Å². The first-order valence-corrected chi connectivity index (χ1v) is 9.27. The van der Waals surface area contributed by atoms with Crippen molar-refractivity contribution in [1.82, 2.24) is 15.6 Å². The number of halogens is 4. The van der Waals surface area contributed by atoms with Gasteiger partial charge in [-0.2, -0.15) is 8.78 Å². The fourth-order valence-electron chi connectivity index (χ4n) is 2.29. The highest BCUT2D eigenvalue weighted by atomic mass is 127. The molecule has 2 N–H and O–H groups in total. The van der Waals surface area contributed by atoms with Gasteiger partial charge in [-0.3, -0.25) is 0 Å². The minimum Gasteiger partial charge on any atom is -0.443 e. The Morgan fingerprint density at radius 1 is 1.31 bits per heavy atom. The van der Waals surface area contributed by atoms with Gasteiger partial charge < -0.3 is 19.8 Å². The van der Waals surface area contributed by atoms with E-state index in [4.69, 9.17) is 16.0 Å². The number of rotatable bonds is 7. The lowest BCUT2D eigenvalue weighted by Gasteiger charge is -2.14. The zero-order valence-corrected chi connectivity index (χ0v) is 19.8. The summed E-state index contributed by atoms with van der Waals surface area (Å²) in [5.74, 6) is 1.85. The zero-order chi connectivity index (χ0) is 20.7. The van der Waals surface area contributed by atoms with Crippen LogP contribution in [0.4, 0.5) is 8.78 Å². The second kappa shape index (κ2) is 11.5. The first-order chi connectivity index (χ1) is 13.2. The van der Waals surface area contributed by atoms with Gasteiger partial charge in [-0.1, -0.05) is 32.4 Å². The second-order valence-electron chi connectivity index (χ2n) is 7.05. The van der Waals surface area contributed by atoms with E-state index in [1.807, 2.05) is 27.7 Å². The maximum absolute atomic E-state index is 12.6. The molecular weight excluding hydrogens is 517 g/mol. The van der Waals surface area contributed by atoms with Gasteiger partial charge in [-0.25, -0.2) is 9.98 Å². The molecule has 1 aromatic carbocycles. The van der Waals surface area contributed by atoms with Gasteiger partial charge in [0.25, 0.3) is 0 Å². The summed E-state index contributed by atoms with van der Waals surface area (Å²) >= 11 is 5.97. The molecule has 0 aliphatic heterocycles. The number of oxazole rings is 1. The van der Waals surface area contributed by atoms with E-state index in [1.165, 1.54) is 12.1 Å². The first-order valence-electron chi connectivity index (χ1n) is 8.89. The van der Waals surface area contributed by atoms with Gasteiger partial charge in [0.15, 0.2) is 5.96 Å². The minimum atomic E-state index is -2.92. The van der Waals surface area contributed by atoms with Crippen LogP contribution in [0, 0.1) is 0 Å². The molecule has 6 nitrogen and oxygen atoms in total. The third-order valence-electron chi connectivity index (χ3n) is 3.69. The molecule has 0 radical (unpaired) electrons. The molecular formula is C19H26ClF2IN4O2. The average Bonchev–Trinajstić information content (AvgIpc) is 3.08. The SMILES string of the molecule is CCNC(=NCc1cc(Cl)ccc1OC(F)F)NCc1ncc(C(C)(C)C)o1.I. The highest BCUT2D eigenvalue weighted by Crippen LogP contribution is 2.25. The molecule has 1 aromatic heterocycles.